The number of hydrogen-bond acceptors (Lipinski definition) is 4. The van der Waals surface area contributed by atoms with Crippen molar-refractivity contribution in [1.29, 1.82) is 0 Å². The molecular weight excluding hydrogens is 376 g/mol. The van der Waals surface area contributed by atoms with Crippen LogP contribution in [0.2, 0.25) is 0 Å². The monoisotopic (exact) mass is 394 g/mol. The lowest BCUT2D eigenvalue weighted by atomic mass is 9.81. The Balaban J connectivity index is 2.02. The molecule has 0 amide bonds. The highest BCUT2D eigenvalue weighted by Gasteiger charge is 2.28. The third-order valence-electron chi connectivity index (χ3n) is 6.08. The second-order valence-electron chi connectivity index (χ2n) is 7.58. The van der Waals surface area contributed by atoms with Crippen LogP contribution in [0, 0.1) is 0 Å². The fourth-order valence-corrected chi connectivity index (χ4v) is 4.98. The third-order valence-corrected chi connectivity index (χ3v) is 6.08. The van der Waals surface area contributed by atoms with E-state index < -0.39 is 0 Å². The predicted octanol–water partition coefficient (Wildman–Crippen LogP) is 5.24. The first-order valence-corrected chi connectivity index (χ1v) is 10.2. The van der Waals surface area contributed by atoms with E-state index in [9.17, 15) is 9.59 Å². The zero-order valence-corrected chi connectivity index (χ0v) is 16.7. The van der Waals surface area contributed by atoms with Gasteiger partial charge in [-0.3, -0.25) is 9.59 Å². The highest BCUT2D eigenvalue weighted by atomic mass is 16.5. The molecule has 0 atom stereocenters. The smallest absolute Gasteiger partial charge is 0.194 e. The van der Waals surface area contributed by atoms with Gasteiger partial charge in [0.15, 0.2) is 10.9 Å². The lowest BCUT2D eigenvalue weighted by Crippen LogP contribution is -2.14. The average molecular weight is 394 g/mol. The van der Waals surface area contributed by atoms with E-state index in [4.69, 9.17) is 9.47 Å². The Bertz CT molecular complexity index is 1530. The molecule has 4 nitrogen and oxygen atoms in total. The van der Waals surface area contributed by atoms with Crippen molar-refractivity contribution in [3.05, 3.63) is 69.0 Å². The van der Waals surface area contributed by atoms with Gasteiger partial charge >= 0.3 is 0 Å². The topological polar surface area (TPSA) is 52.6 Å². The van der Waals surface area contributed by atoms with Crippen LogP contribution in [-0.2, 0) is 0 Å². The number of rotatable bonds is 4. The van der Waals surface area contributed by atoms with Crippen LogP contribution in [0.1, 0.15) is 13.8 Å². The van der Waals surface area contributed by atoms with Gasteiger partial charge in [-0.15, -0.1) is 0 Å². The van der Waals surface area contributed by atoms with Crippen molar-refractivity contribution in [2.24, 2.45) is 0 Å². The van der Waals surface area contributed by atoms with Crippen LogP contribution in [0.15, 0.2) is 58.1 Å². The van der Waals surface area contributed by atoms with E-state index in [0.29, 0.717) is 46.3 Å². The zero-order chi connectivity index (χ0) is 20.6. The lowest BCUT2D eigenvalue weighted by Gasteiger charge is -2.23. The van der Waals surface area contributed by atoms with Crippen molar-refractivity contribution in [2.45, 2.75) is 13.8 Å². The van der Waals surface area contributed by atoms with E-state index in [-0.39, 0.29) is 10.9 Å². The Morgan fingerprint density at radius 2 is 1.00 bits per heavy atom. The highest BCUT2D eigenvalue weighted by Crippen LogP contribution is 2.48. The maximum atomic E-state index is 13.6. The molecule has 2 aliphatic carbocycles. The normalized spacial score (nSPS) is 12.2. The predicted molar refractivity (Wildman–Crippen MR) is 122 cm³/mol. The van der Waals surface area contributed by atoms with Gasteiger partial charge < -0.3 is 9.47 Å². The molecule has 30 heavy (non-hydrogen) atoms. The molecule has 0 heterocycles. The van der Waals surface area contributed by atoms with Gasteiger partial charge in [0.2, 0.25) is 0 Å². The lowest BCUT2D eigenvalue weighted by molar-refractivity contribution is 0.344. The number of benzene rings is 6. The molecule has 4 aromatic rings. The van der Waals surface area contributed by atoms with Crippen molar-refractivity contribution < 1.29 is 9.47 Å². The van der Waals surface area contributed by atoms with Crippen LogP contribution in [-0.4, -0.2) is 13.2 Å². The average Bonchev–Trinajstić information content (AvgIpc) is 2.77. The standard InChI is InChI=1S/C26H18O4/c1-3-29-19-11-17-23-21-13(19)7-5-9-15(21)26(28)18-12-20(30-4-2)14-8-6-10-16(25(17)27)22(14)24(18)23/h5-12H,3-4H2,1-2H3. The molecular formula is C26H18O4. The Morgan fingerprint density at radius 3 is 1.40 bits per heavy atom. The van der Waals surface area contributed by atoms with E-state index in [1.807, 2.05) is 62.4 Å². The maximum absolute atomic E-state index is 13.6. The molecule has 0 saturated carbocycles. The Labute approximate surface area is 171 Å². The summed E-state index contributed by atoms with van der Waals surface area (Å²) in [6, 6.07) is 15.0. The Kier molecular flexibility index (Phi) is 3.40. The van der Waals surface area contributed by atoms with Gasteiger partial charge in [0, 0.05) is 54.2 Å². The van der Waals surface area contributed by atoms with Gasteiger partial charge in [-0.1, -0.05) is 36.4 Å². The SMILES string of the molecule is CCOc1cc2c3c4c1cccc4c(=O)c1cc(OCC)c4cccc(c2=O)c4c1-3. The van der Waals surface area contributed by atoms with Crippen molar-refractivity contribution >= 4 is 43.1 Å². The first-order chi connectivity index (χ1) is 14.7. The molecule has 0 aliphatic heterocycles. The van der Waals surface area contributed by atoms with Crippen LogP contribution in [0.25, 0.3) is 54.2 Å². The molecule has 0 bridgehead atoms. The van der Waals surface area contributed by atoms with Crippen molar-refractivity contribution in [2.75, 3.05) is 13.2 Å². The summed E-state index contributed by atoms with van der Waals surface area (Å²) in [4.78, 5) is 27.2. The minimum atomic E-state index is -0.0466. The summed E-state index contributed by atoms with van der Waals surface area (Å²) in [5.41, 5.74) is 1.59. The number of ether oxygens (including phenoxy) is 2. The fourth-order valence-electron chi connectivity index (χ4n) is 4.98. The minimum absolute atomic E-state index is 0.0466. The molecule has 0 unspecified atom stereocenters. The maximum Gasteiger partial charge on any atom is 0.194 e. The van der Waals surface area contributed by atoms with Crippen molar-refractivity contribution in [1.82, 2.24) is 0 Å². The van der Waals surface area contributed by atoms with Crippen molar-refractivity contribution in [3.8, 4) is 22.6 Å². The fraction of sp³-hybridized carbons (Fsp3) is 0.154. The molecule has 4 heteroatoms. The summed E-state index contributed by atoms with van der Waals surface area (Å²) in [6.07, 6.45) is 0. The summed E-state index contributed by atoms with van der Waals surface area (Å²) in [5.74, 6) is 1.28. The first-order valence-electron chi connectivity index (χ1n) is 10.2. The van der Waals surface area contributed by atoms with Gasteiger partial charge in [-0.2, -0.15) is 0 Å². The largest absolute Gasteiger partial charge is 0.493 e. The van der Waals surface area contributed by atoms with E-state index in [0.717, 1.165) is 32.7 Å². The van der Waals surface area contributed by atoms with Gasteiger partial charge in [0.05, 0.1) is 13.2 Å². The molecule has 2 aliphatic rings. The molecule has 0 fully saturated rings. The van der Waals surface area contributed by atoms with Gasteiger partial charge in [0.25, 0.3) is 0 Å². The first kappa shape index (κ1) is 17.2. The van der Waals surface area contributed by atoms with E-state index in [1.54, 1.807) is 0 Å². The summed E-state index contributed by atoms with van der Waals surface area (Å²) in [7, 11) is 0. The van der Waals surface area contributed by atoms with Crippen LogP contribution in [0.5, 0.6) is 11.5 Å². The minimum Gasteiger partial charge on any atom is -0.493 e. The van der Waals surface area contributed by atoms with Crippen LogP contribution in [0.4, 0.5) is 0 Å². The van der Waals surface area contributed by atoms with E-state index in [2.05, 4.69) is 0 Å². The van der Waals surface area contributed by atoms with Crippen LogP contribution in [0.3, 0.4) is 0 Å². The Morgan fingerprint density at radius 1 is 0.600 bits per heavy atom. The second kappa shape index (κ2) is 5.92. The van der Waals surface area contributed by atoms with Gasteiger partial charge in [-0.05, 0) is 26.0 Å². The van der Waals surface area contributed by atoms with Gasteiger partial charge in [-0.25, -0.2) is 0 Å². The summed E-state index contributed by atoms with van der Waals surface area (Å²) >= 11 is 0. The molecule has 0 N–H and O–H groups in total. The molecule has 0 saturated heterocycles. The molecule has 4 aromatic carbocycles. The van der Waals surface area contributed by atoms with Crippen molar-refractivity contribution in [3.63, 3.8) is 0 Å². The third kappa shape index (κ3) is 1.96. The molecule has 146 valence electrons. The summed E-state index contributed by atoms with van der Waals surface area (Å²) in [5, 5.41) is 5.74. The molecule has 0 aromatic heterocycles. The summed E-state index contributed by atoms with van der Waals surface area (Å²) in [6.45, 7) is 4.79. The Hall–Kier alpha value is -3.66. The highest BCUT2D eigenvalue weighted by molar-refractivity contribution is 6.29. The van der Waals surface area contributed by atoms with E-state index >= 15 is 0 Å². The van der Waals surface area contributed by atoms with Crippen LogP contribution < -0.4 is 20.3 Å². The van der Waals surface area contributed by atoms with Gasteiger partial charge in [0.1, 0.15) is 11.5 Å². The number of hydrogen-bond donors (Lipinski definition) is 0. The molecule has 6 rings (SSSR count). The zero-order valence-electron chi connectivity index (χ0n) is 16.7. The molecule has 0 spiro atoms. The van der Waals surface area contributed by atoms with Crippen LogP contribution >= 0.6 is 0 Å². The van der Waals surface area contributed by atoms with E-state index in [1.165, 1.54) is 0 Å². The quantitative estimate of drug-likeness (QED) is 0.303. The summed E-state index contributed by atoms with van der Waals surface area (Å²) < 4.78 is 11.7. The second-order valence-corrected chi connectivity index (χ2v) is 7.58. The molecule has 0 radical (unpaired) electrons.